The SMILES string of the molecule is CS(=O)(=O)N1CCN(c2ccnc(Nc3nc4cc(-c5cn[nH]c5)ccc4s3)c2)CC1. The molecule has 0 atom stereocenters. The fraction of sp³-hybridized carbons (Fsp3) is 0.250. The Balaban J connectivity index is 1.32. The van der Waals surface area contributed by atoms with Crippen LogP contribution in [0.3, 0.4) is 0 Å². The van der Waals surface area contributed by atoms with Crippen molar-refractivity contribution >= 4 is 48.2 Å². The number of hydrogen-bond donors (Lipinski definition) is 2. The van der Waals surface area contributed by atoms with Crippen LogP contribution >= 0.6 is 11.3 Å². The third-order valence-corrected chi connectivity index (χ3v) is 7.53. The topological polar surface area (TPSA) is 107 Å². The highest BCUT2D eigenvalue weighted by Crippen LogP contribution is 2.31. The monoisotopic (exact) mass is 455 g/mol. The summed E-state index contributed by atoms with van der Waals surface area (Å²) >= 11 is 1.57. The number of H-pyrrole nitrogens is 1. The Morgan fingerprint density at radius 1 is 1.10 bits per heavy atom. The number of benzene rings is 1. The molecular weight excluding hydrogens is 434 g/mol. The first-order chi connectivity index (χ1) is 15.0. The number of aromatic nitrogens is 4. The van der Waals surface area contributed by atoms with Gasteiger partial charge < -0.3 is 10.2 Å². The molecule has 0 aliphatic carbocycles. The summed E-state index contributed by atoms with van der Waals surface area (Å²) in [7, 11) is -3.14. The van der Waals surface area contributed by atoms with Gasteiger partial charge in [0.2, 0.25) is 10.0 Å². The summed E-state index contributed by atoms with van der Waals surface area (Å²) in [6.07, 6.45) is 6.66. The van der Waals surface area contributed by atoms with Crippen molar-refractivity contribution in [1.29, 1.82) is 0 Å². The maximum absolute atomic E-state index is 11.7. The molecule has 0 radical (unpaired) electrons. The minimum Gasteiger partial charge on any atom is -0.369 e. The first-order valence-corrected chi connectivity index (χ1v) is 12.4. The number of thiazole rings is 1. The summed E-state index contributed by atoms with van der Waals surface area (Å²) in [5, 5.41) is 10.9. The van der Waals surface area contributed by atoms with Gasteiger partial charge in [-0.15, -0.1) is 0 Å². The van der Waals surface area contributed by atoms with Crippen molar-refractivity contribution in [2.24, 2.45) is 0 Å². The lowest BCUT2D eigenvalue weighted by Crippen LogP contribution is -2.48. The van der Waals surface area contributed by atoms with E-state index in [0.29, 0.717) is 32.0 Å². The number of hydrogen-bond acceptors (Lipinski definition) is 8. The van der Waals surface area contributed by atoms with Crippen LogP contribution in [0.2, 0.25) is 0 Å². The second-order valence-corrected chi connectivity index (χ2v) is 10.4. The normalized spacial score (nSPS) is 15.5. The van der Waals surface area contributed by atoms with Gasteiger partial charge in [-0.1, -0.05) is 17.4 Å². The smallest absolute Gasteiger partial charge is 0.211 e. The zero-order chi connectivity index (χ0) is 21.4. The predicted octanol–water partition coefficient (Wildman–Crippen LogP) is 2.91. The van der Waals surface area contributed by atoms with E-state index in [1.807, 2.05) is 24.4 Å². The molecule has 0 amide bonds. The number of rotatable bonds is 5. The van der Waals surface area contributed by atoms with Gasteiger partial charge in [-0.2, -0.15) is 9.40 Å². The third kappa shape index (κ3) is 4.24. The van der Waals surface area contributed by atoms with Gasteiger partial charge in [0.15, 0.2) is 5.13 Å². The maximum atomic E-state index is 11.7. The number of nitrogens with zero attached hydrogens (tertiary/aromatic N) is 5. The van der Waals surface area contributed by atoms with Crippen molar-refractivity contribution in [3.63, 3.8) is 0 Å². The molecule has 31 heavy (non-hydrogen) atoms. The number of sulfonamides is 1. The number of pyridine rings is 1. The second-order valence-electron chi connectivity index (χ2n) is 7.36. The predicted molar refractivity (Wildman–Crippen MR) is 123 cm³/mol. The molecule has 0 saturated carbocycles. The molecule has 0 spiro atoms. The number of fused-ring (bicyclic) bond motifs is 1. The molecule has 4 aromatic rings. The van der Waals surface area contributed by atoms with E-state index in [0.717, 1.165) is 32.2 Å². The van der Waals surface area contributed by atoms with Crippen LogP contribution in [-0.2, 0) is 10.0 Å². The average Bonchev–Trinajstić information content (AvgIpc) is 3.42. The fourth-order valence-corrected chi connectivity index (χ4v) is 5.32. The molecule has 0 unspecified atom stereocenters. The summed E-state index contributed by atoms with van der Waals surface area (Å²) in [6.45, 7) is 2.27. The van der Waals surface area contributed by atoms with Crippen molar-refractivity contribution in [2.45, 2.75) is 0 Å². The van der Waals surface area contributed by atoms with Crippen LogP contribution < -0.4 is 10.2 Å². The van der Waals surface area contributed by atoms with Gasteiger partial charge in [0.05, 0.1) is 22.7 Å². The van der Waals surface area contributed by atoms with Gasteiger partial charge in [0, 0.05) is 55.9 Å². The summed E-state index contributed by atoms with van der Waals surface area (Å²) in [6, 6.07) is 10.1. The van der Waals surface area contributed by atoms with Crippen LogP contribution in [0.25, 0.3) is 21.3 Å². The van der Waals surface area contributed by atoms with E-state index in [1.54, 1.807) is 23.7 Å². The highest BCUT2D eigenvalue weighted by molar-refractivity contribution is 7.88. The third-order valence-electron chi connectivity index (χ3n) is 5.27. The minimum absolute atomic E-state index is 0.487. The van der Waals surface area contributed by atoms with Gasteiger partial charge in [-0.05, 0) is 23.8 Å². The second kappa shape index (κ2) is 7.91. The van der Waals surface area contributed by atoms with Crippen LogP contribution in [0.1, 0.15) is 0 Å². The van der Waals surface area contributed by atoms with E-state index < -0.39 is 10.0 Å². The van der Waals surface area contributed by atoms with Gasteiger partial charge in [-0.25, -0.2) is 18.4 Å². The van der Waals surface area contributed by atoms with Crippen LogP contribution in [0.4, 0.5) is 16.6 Å². The average molecular weight is 456 g/mol. The zero-order valence-electron chi connectivity index (χ0n) is 16.8. The van der Waals surface area contributed by atoms with E-state index >= 15 is 0 Å². The molecule has 1 aliphatic heterocycles. The van der Waals surface area contributed by atoms with E-state index in [4.69, 9.17) is 4.98 Å². The molecule has 5 rings (SSSR count). The Bertz CT molecular complexity index is 1310. The highest BCUT2D eigenvalue weighted by Gasteiger charge is 2.23. The number of aromatic amines is 1. The Morgan fingerprint density at radius 2 is 1.94 bits per heavy atom. The summed E-state index contributed by atoms with van der Waals surface area (Å²) in [4.78, 5) is 11.3. The summed E-state index contributed by atoms with van der Waals surface area (Å²) < 4.78 is 26.1. The zero-order valence-corrected chi connectivity index (χ0v) is 18.4. The maximum Gasteiger partial charge on any atom is 0.211 e. The summed E-state index contributed by atoms with van der Waals surface area (Å²) in [5.74, 6) is 0.706. The molecular formula is C20H21N7O2S2. The van der Waals surface area contributed by atoms with Crippen LogP contribution in [0.15, 0.2) is 48.9 Å². The van der Waals surface area contributed by atoms with Gasteiger partial charge in [-0.3, -0.25) is 5.10 Å². The Hall–Kier alpha value is -3.02. The van der Waals surface area contributed by atoms with Crippen molar-refractivity contribution in [1.82, 2.24) is 24.5 Å². The lowest BCUT2D eigenvalue weighted by molar-refractivity contribution is 0.388. The first kappa shape index (κ1) is 19.9. The van der Waals surface area contributed by atoms with Gasteiger partial charge in [0.25, 0.3) is 0 Å². The van der Waals surface area contributed by atoms with Crippen LogP contribution in [-0.4, -0.2) is 65.3 Å². The highest BCUT2D eigenvalue weighted by atomic mass is 32.2. The van der Waals surface area contributed by atoms with Crippen molar-refractivity contribution in [2.75, 3.05) is 42.7 Å². The molecule has 11 heteroatoms. The largest absolute Gasteiger partial charge is 0.369 e. The molecule has 3 aromatic heterocycles. The molecule has 1 aliphatic rings. The van der Waals surface area contributed by atoms with E-state index in [9.17, 15) is 8.42 Å². The number of piperazine rings is 1. The Kier molecular flexibility index (Phi) is 5.08. The molecule has 1 aromatic carbocycles. The van der Waals surface area contributed by atoms with E-state index in [1.165, 1.54) is 10.6 Å². The molecule has 160 valence electrons. The Labute approximate surface area is 183 Å². The van der Waals surface area contributed by atoms with Gasteiger partial charge >= 0.3 is 0 Å². The van der Waals surface area contributed by atoms with Crippen molar-refractivity contribution in [3.05, 3.63) is 48.9 Å². The first-order valence-electron chi connectivity index (χ1n) is 9.79. The number of nitrogens with one attached hydrogen (secondary N) is 2. The van der Waals surface area contributed by atoms with Crippen LogP contribution in [0.5, 0.6) is 0 Å². The lowest BCUT2D eigenvalue weighted by Gasteiger charge is -2.34. The van der Waals surface area contributed by atoms with Crippen molar-refractivity contribution in [3.8, 4) is 11.1 Å². The lowest BCUT2D eigenvalue weighted by atomic mass is 10.1. The molecule has 1 fully saturated rings. The molecule has 0 bridgehead atoms. The van der Waals surface area contributed by atoms with Crippen LogP contribution in [0, 0.1) is 0 Å². The fourth-order valence-electron chi connectivity index (χ4n) is 3.64. The van der Waals surface area contributed by atoms with E-state index in [-0.39, 0.29) is 0 Å². The molecule has 9 nitrogen and oxygen atoms in total. The standard InChI is InChI=1S/C20H21N7O2S2/c1-31(28,29)27-8-6-26(7-9-27)16-4-5-21-19(11-16)25-20-24-17-10-14(2-3-18(17)30-20)15-12-22-23-13-15/h2-5,10-13H,6-9H2,1H3,(H,22,23)(H,21,24,25). The van der Waals surface area contributed by atoms with E-state index in [2.05, 4.69) is 37.5 Å². The molecule has 2 N–H and O–H groups in total. The molecule has 4 heterocycles. The minimum atomic E-state index is -3.14. The van der Waals surface area contributed by atoms with Crippen molar-refractivity contribution < 1.29 is 8.42 Å². The number of anilines is 3. The summed E-state index contributed by atoms with van der Waals surface area (Å²) in [5.41, 5.74) is 4.01. The van der Waals surface area contributed by atoms with Gasteiger partial charge in [0.1, 0.15) is 5.82 Å². The molecule has 1 saturated heterocycles. The quantitative estimate of drug-likeness (QED) is 0.476. The Morgan fingerprint density at radius 3 is 2.68 bits per heavy atom.